The molecule has 0 saturated carbocycles. The fourth-order valence-corrected chi connectivity index (χ4v) is 3.66. The summed E-state index contributed by atoms with van der Waals surface area (Å²) >= 11 is 0. The Labute approximate surface area is 125 Å². The van der Waals surface area contributed by atoms with Crippen molar-refractivity contribution in [3.8, 4) is 0 Å². The summed E-state index contributed by atoms with van der Waals surface area (Å²) in [7, 11) is 0. The lowest BCUT2D eigenvalue weighted by molar-refractivity contribution is 0.598. The lowest BCUT2D eigenvalue weighted by atomic mass is 9.87. The molecule has 1 aromatic carbocycles. The maximum atomic E-state index is 5.91. The lowest BCUT2D eigenvalue weighted by Gasteiger charge is -2.27. The number of hydrogen-bond donors (Lipinski definition) is 2. The van der Waals surface area contributed by atoms with Crippen molar-refractivity contribution in [2.75, 3.05) is 11.1 Å². The van der Waals surface area contributed by atoms with Gasteiger partial charge in [-0.05, 0) is 73.4 Å². The van der Waals surface area contributed by atoms with Gasteiger partial charge in [0.05, 0.1) is 6.04 Å². The van der Waals surface area contributed by atoms with E-state index in [4.69, 9.17) is 10.7 Å². The third-order valence-electron chi connectivity index (χ3n) is 4.73. The Balaban J connectivity index is 1.61. The standard InChI is InChI=1S/C18H21N3/c19-14-8-9-15-13(11-14)4-2-6-17(15)21-18-10-7-12-3-1-5-16(12)20-18/h7-11,17H,1-6,19H2,(H,20,21). The number of nitrogens with zero attached hydrogens (tertiary/aromatic N) is 1. The highest BCUT2D eigenvalue weighted by molar-refractivity contribution is 5.50. The van der Waals surface area contributed by atoms with Crippen LogP contribution in [-0.4, -0.2) is 4.98 Å². The van der Waals surface area contributed by atoms with E-state index < -0.39 is 0 Å². The second-order valence-electron chi connectivity index (χ2n) is 6.20. The van der Waals surface area contributed by atoms with Crippen LogP contribution < -0.4 is 11.1 Å². The van der Waals surface area contributed by atoms with Crippen molar-refractivity contribution in [3.05, 3.63) is 52.7 Å². The first-order valence-electron chi connectivity index (χ1n) is 7.93. The van der Waals surface area contributed by atoms with E-state index in [-0.39, 0.29) is 0 Å². The summed E-state index contributed by atoms with van der Waals surface area (Å²) in [5, 5.41) is 3.63. The number of benzene rings is 1. The molecule has 108 valence electrons. The minimum atomic E-state index is 0.362. The summed E-state index contributed by atoms with van der Waals surface area (Å²) in [6.07, 6.45) is 7.07. The van der Waals surface area contributed by atoms with E-state index in [1.165, 1.54) is 41.6 Å². The number of nitrogen functional groups attached to an aromatic ring is 1. The molecule has 4 rings (SSSR count). The quantitative estimate of drug-likeness (QED) is 0.825. The fraction of sp³-hybridized carbons (Fsp3) is 0.389. The van der Waals surface area contributed by atoms with Gasteiger partial charge in [0.15, 0.2) is 0 Å². The van der Waals surface area contributed by atoms with Crippen molar-refractivity contribution in [1.29, 1.82) is 0 Å². The SMILES string of the molecule is Nc1ccc2c(c1)CCCC2Nc1ccc2c(n1)CCC2. The Morgan fingerprint density at radius 2 is 1.90 bits per heavy atom. The van der Waals surface area contributed by atoms with E-state index in [1.807, 2.05) is 6.07 Å². The summed E-state index contributed by atoms with van der Waals surface area (Å²) in [6, 6.07) is 11.0. The molecule has 0 spiro atoms. The molecule has 0 radical (unpaired) electrons. The minimum Gasteiger partial charge on any atom is -0.399 e. The number of aromatic nitrogens is 1. The van der Waals surface area contributed by atoms with Gasteiger partial charge in [-0.2, -0.15) is 0 Å². The zero-order valence-electron chi connectivity index (χ0n) is 12.2. The summed E-state index contributed by atoms with van der Waals surface area (Å²) in [5.41, 5.74) is 12.3. The van der Waals surface area contributed by atoms with Crippen LogP contribution in [0.5, 0.6) is 0 Å². The highest BCUT2D eigenvalue weighted by Gasteiger charge is 2.21. The van der Waals surface area contributed by atoms with Crippen molar-refractivity contribution < 1.29 is 0 Å². The maximum Gasteiger partial charge on any atom is 0.126 e. The maximum absolute atomic E-state index is 5.91. The van der Waals surface area contributed by atoms with Crippen molar-refractivity contribution >= 4 is 11.5 Å². The molecule has 1 aromatic heterocycles. The Hall–Kier alpha value is -2.03. The first-order valence-corrected chi connectivity index (χ1v) is 7.93. The van der Waals surface area contributed by atoms with Crippen molar-refractivity contribution in [2.45, 2.75) is 44.6 Å². The number of aryl methyl sites for hydroxylation is 3. The van der Waals surface area contributed by atoms with Crippen molar-refractivity contribution in [1.82, 2.24) is 4.98 Å². The van der Waals surface area contributed by atoms with Crippen LogP contribution in [-0.2, 0) is 19.3 Å². The van der Waals surface area contributed by atoms with Gasteiger partial charge in [0.1, 0.15) is 5.82 Å². The van der Waals surface area contributed by atoms with Gasteiger partial charge in [0.2, 0.25) is 0 Å². The molecule has 3 N–H and O–H groups in total. The molecule has 1 unspecified atom stereocenters. The largest absolute Gasteiger partial charge is 0.399 e. The fourth-order valence-electron chi connectivity index (χ4n) is 3.66. The number of pyridine rings is 1. The summed E-state index contributed by atoms with van der Waals surface area (Å²) < 4.78 is 0. The van der Waals surface area contributed by atoms with E-state index in [9.17, 15) is 0 Å². The van der Waals surface area contributed by atoms with E-state index in [2.05, 4.69) is 29.6 Å². The van der Waals surface area contributed by atoms with Crippen LogP contribution in [0, 0.1) is 0 Å². The molecular formula is C18H21N3. The van der Waals surface area contributed by atoms with E-state index in [1.54, 1.807) is 0 Å². The Morgan fingerprint density at radius 1 is 1.00 bits per heavy atom. The molecular weight excluding hydrogens is 258 g/mol. The summed E-state index contributed by atoms with van der Waals surface area (Å²) in [5.74, 6) is 1.02. The Kier molecular flexibility index (Phi) is 3.06. The number of hydrogen-bond acceptors (Lipinski definition) is 3. The molecule has 1 atom stereocenters. The first kappa shape index (κ1) is 12.7. The predicted molar refractivity (Wildman–Crippen MR) is 86.4 cm³/mol. The van der Waals surface area contributed by atoms with Gasteiger partial charge in [-0.3, -0.25) is 0 Å². The van der Waals surface area contributed by atoms with Crippen LogP contribution in [0.3, 0.4) is 0 Å². The van der Waals surface area contributed by atoms with E-state index in [0.29, 0.717) is 6.04 Å². The van der Waals surface area contributed by atoms with Gasteiger partial charge < -0.3 is 11.1 Å². The molecule has 2 aliphatic carbocycles. The number of anilines is 2. The zero-order chi connectivity index (χ0) is 14.2. The average Bonchev–Trinajstić information content (AvgIpc) is 2.95. The van der Waals surface area contributed by atoms with Crippen LogP contribution in [0.15, 0.2) is 30.3 Å². The van der Waals surface area contributed by atoms with Crippen molar-refractivity contribution in [2.24, 2.45) is 0 Å². The van der Waals surface area contributed by atoms with E-state index >= 15 is 0 Å². The van der Waals surface area contributed by atoms with E-state index in [0.717, 1.165) is 30.8 Å². The predicted octanol–water partition coefficient (Wildman–Crippen LogP) is 3.64. The van der Waals surface area contributed by atoms with Gasteiger partial charge >= 0.3 is 0 Å². The Morgan fingerprint density at radius 3 is 2.86 bits per heavy atom. The van der Waals surface area contributed by atoms with Gasteiger partial charge in [-0.15, -0.1) is 0 Å². The zero-order valence-corrected chi connectivity index (χ0v) is 12.2. The molecule has 0 saturated heterocycles. The number of nitrogens with one attached hydrogen (secondary N) is 1. The molecule has 0 bridgehead atoms. The summed E-state index contributed by atoms with van der Waals surface area (Å²) in [6.45, 7) is 0. The Bertz CT molecular complexity index is 678. The van der Waals surface area contributed by atoms with Crippen LogP contribution in [0.4, 0.5) is 11.5 Å². The highest BCUT2D eigenvalue weighted by Crippen LogP contribution is 2.33. The third-order valence-corrected chi connectivity index (χ3v) is 4.73. The lowest BCUT2D eigenvalue weighted by Crippen LogP contribution is -2.18. The number of nitrogens with two attached hydrogens (primary N) is 1. The van der Waals surface area contributed by atoms with Crippen LogP contribution in [0.25, 0.3) is 0 Å². The summed E-state index contributed by atoms with van der Waals surface area (Å²) in [4.78, 5) is 4.80. The second-order valence-corrected chi connectivity index (χ2v) is 6.20. The molecule has 0 fully saturated rings. The average molecular weight is 279 g/mol. The highest BCUT2D eigenvalue weighted by atomic mass is 15.0. The second kappa shape index (κ2) is 5.06. The van der Waals surface area contributed by atoms with Gasteiger partial charge in [0.25, 0.3) is 0 Å². The molecule has 21 heavy (non-hydrogen) atoms. The molecule has 2 aliphatic rings. The normalized spacial score (nSPS) is 19.9. The molecule has 1 heterocycles. The first-order chi connectivity index (χ1) is 10.3. The molecule has 3 nitrogen and oxygen atoms in total. The van der Waals surface area contributed by atoms with Gasteiger partial charge in [0, 0.05) is 11.4 Å². The van der Waals surface area contributed by atoms with Crippen molar-refractivity contribution in [3.63, 3.8) is 0 Å². The smallest absolute Gasteiger partial charge is 0.126 e. The molecule has 3 heteroatoms. The van der Waals surface area contributed by atoms with Crippen LogP contribution >= 0.6 is 0 Å². The van der Waals surface area contributed by atoms with Crippen LogP contribution in [0.2, 0.25) is 0 Å². The van der Waals surface area contributed by atoms with Crippen LogP contribution in [0.1, 0.15) is 47.7 Å². The molecule has 0 amide bonds. The minimum absolute atomic E-state index is 0.362. The van der Waals surface area contributed by atoms with Gasteiger partial charge in [-0.1, -0.05) is 12.1 Å². The molecule has 0 aliphatic heterocycles. The number of rotatable bonds is 2. The van der Waals surface area contributed by atoms with Gasteiger partial charge in [-0.25, -0.2) is 4.98 Å². The monoisotopic (exact) mass is 279 g/mol. The number of fused-ring (bicyclic) bond motifs is 2. The topological polar surface area (TPSA) is 50.9 Å². The third kappa shape index (κ3) is 2.37. The molecule has 2 aromatic rings.